The first-order valence-corrected chi connectivity index (χ1v) is 7.96. The zero-order valence-electron chi connectivity index (χ0n) is 12.4. The second kappa shape index (κ2) is 5.77. The van der Waals surface area contributed by atoms with Gasteiger partial charge in [0.25, 0.3) is 0 Å². The van der Waals surface area contributed by atoms with Gasteiger partial charge in [-0.05, 0) is 18.4 Å². The van der Waals surface area contributed by atoms with Gasteiger partial charge in [-0.3, -0.25) is 9.97 Å². The number of hydrogen-bond donors (Lipinski definition) is 0. The first kappa shape index (κ1) is 13.8. The smallest absolute Gasteiger partial charge is 0.219 e. The van der Waals surface area contributed by atoms with E-state index < -0.39 is 0 Å². The Bertz CT molecular complexity index is 931. The fourth-order valence-electron chi connectivity index (χ4n) is 2.18. The van der Waals surface area contributed by atoms with Gasteiger partial charge < -0.3 is 4.74 Å². The van der Waals surface area contributed by atoms with E-state index in [0.29, 0.717) is 12.5 Å². The molecule has 0 aromatic carbocycles. The van der Waals surface area contributed by atoms with Crippen LogP contribution < -0.4 is 4.74 Å². The molecule has 0 amide bonds. The highest BCUT2D eigenvalue weighted by Crippen LogP contribution is 2.27. The number of rotatable bonds is 4. The van der Waals surface area contributed by atoms with E-state index in [1.165, 1.54) is 0 Å². The third kappa shape index (κ3) is 2.78. The molecule has 4 rings (SSSR count). The molecule has 4 aromatic rings. The first-order chi connectivity index (χ1) is 11.3. The van der Waals surface area contributed by atoms with Crippen LogP contribution in [-0.2, 0) is 6.61 Å². The van der Waals surface area contributed by atoms with E-state index in [-0.39, 0.29) is 0 Å². The van der Waals surface area contributed by atoms with E-state index in [4.69, 9.17) is 4.74 Å². The van der Waals surface area contributed by atoms with Gasteiger partial charge in [-0.25, -0.2) is 4.98 Å². The summed E-state index contributed by atoms with van der Waals surface area (Å²) in [6, 6.07) is 7.79. The van der Waals surface area contributed by atoms with Crippen LogP contribution in [-0.4, -0.2) is 24.6 Å². The van der Waals surface area contributed by atoms with Gasteiger partial charge >= 0.3 is 0 Å². The molecule has 0 unspecified atom stereocenters. The van der Waals surface area contributed by atoms with Gasteiger partial charge in [0.05, 0.1) is 34.4 Å². The summed E-state index contributed by atoms with van der Waals surface area (Å²) in [5.41, 5.74) is 3.27. The molecule has 114 valence electrons. The highest BCUT2D eigenvalue weighted by atomic mass is 32.1. The number of nitrogens with zero attached hydrogens (tertiary/aromatic N) is 5. The average Bonchev–Trinajstić information content (AvgIpc) is 3.25. The Morgan fingerprint density at radius 2 is 2.17 bits per heavy atom. The van der Waals surface area contributed by atoms with E-state index in [9.17, 15) is 0 Å². The van der Waals surface area contributed by atoms with Crippen LogP contribution >= 0.6 is 11.3 Å². The standard InChI is InChI=1S/C16H13N5OS/c1-11-8-18-12(9-17-11)10-22-16-7-13(14-3-2-6-23-14)20-15-4-5-19-21(15)16/h2-9H,10H2,1H3. The lowest BCUT2D eigenvalue weighted by Crippen LogP contribution is -2.04. The summed E-state index contributed by atoms with van der Waals surface area (Å²) >= 11 is 1.64. The van der Waals surface area contributed by atoms with Crippen LogP contribution in [0.25, 0.3) is 16.2 Å². The SMILES string of the molecule is Cc1cnc(COc2cc(-c3cccs3)nc3ccnn23)cn1. The summed E-state index contributed by atoms with van der Waals surface area (Å²) in [5, 5.41) is 6.29. The molecule has 6 nitrogen and oxygen atoms in total. The Balaban J connectivity index is 1.67. The fourth-order valence-corrected chi connectivity index (χ4v) is 2.87. The van der Waals surface area contributed by atoms with Gasteiger partial charge in [0, 0.05) is 18.3 Å². The van der Waals surface area contributed by atoms with Crippen molar-refractivity contribution in [1.29, 1.82) is 0 Å². The Labute approximate surface area is 136 Å². The van der Waals surface area contributed by atoms with Crippen molar-refractivity contribution < 1.29 is 4.74 Å². The number of fused-ring (bicyclic) bond motifs is 1. The van der Waals surface area contributed by atoms with Crippen molar-refractivity contribution in [2.75, 3.05) is 0 Å². The molecule has 0 bridgehead atoms. The van der Waals surface area contributed by atoms with Gasteiger partial charge in [-0.15, -0.1) is 11.3 Å². The van der Waals surface area contributed by atoms with Crippen LogP contribution in [0.1, 0.15) is 11.4 Å². The van der Waals surface area contributed by atoms with Crippen molar-refractivity contribution in [2.45, 2.75) is 13.5 Å². The minimum Gasteiger partial charge on any atom is -0.471 e. The van der Waals surface area contributed by atoms with E-state index >= 15 is 0 Å². The highest BCUT2D eigenvalue weighted by Gasteiger charge is 2.10. The quantitative estimate of drug-likeness (QED) is 0.577. The minimum atomic E-state index is 0.329. The largest absolute Gasteiger partial charge is 0.471 e. The number of ether oxygens (including phenoxy) is 1. The molecule has 0 aliphatic rings. The van der Waals surface area contributed by atoms with Crippen LogP contribution in [0.15, 0.2) is 48.2 Å². The second-order valence-corrected chi connectivity index (χ2v) is 5.94. The van der Waals surface area contributed by atoms with Crippen molar-refractivity contribution in [3.63, 3.8) is 0 Å². The van der Waals surface area contributed by atoms with Crippen molar-refractivity contribution in [2.24, 2.45) is 0 Å². The summed E-state index contributed by atoms with van der Waals surface area (Å²) < 4.78 is 7.58. The second-order valence-electron chi connectivity index (χ2n) is 5.00. The minimum absolute atomic E-state index is 0.329. The van der Waals surface area contributed by atoms with Crippen molar-refractivity contribution in [3.8, 4) is 16.5 Å². The number of aromatic nitrogens is 5. The van der Waals surface area contributed by atoms with Crippen molar-refractivity contribution >= 4 is 17.0 Å². The van der Waals surface area contributed by atoms with Gasteiger partial charge in [-0.1, -0.05) is 6.07 Å². The van der Waals surface area contributed by atoms with Crippen LogP contribution in [0.5, 0.6) is 5.88 Å². The summed E-state index contributed by atoms with van der Waals surface area (Å²) in [6.07, 6.45) is 5.15. The molecule has 0 atom stereocenters. The van der Waals surface area contributed by atoms with E-state index in [1.54, 1.807) is 34.4 Å². The molecule has 0 saturated carbocycles. The highest BCUT2D eigenvalue weighted by molar-refractivity contribution is 7.13. The molecular weight excluding hydrogens is 310 g/mol. The topological polar surface area (TPSA) is 65.2 Å². The normalized spacial score (nSPS) is 11.0. The summed E-state index contributed by atoms with van der Waals surface area (Å²) in [6.45, 7) is 2.23. The van der Waals surface area contributed by atoms with Crippen LogP contribution in [0.3, 0.4) is 0 Å². The van der Waals surface area contributed by atoms with Gasteiger partial charge in [0.2, 0.25) is 5.88 Å². The molecule has 0 aliphatic heterocycles. The lowest BCUT2D eigenvalue weighted by Gasteiger charge is -2.09. The third-order valence-corrected chi connectivity index (χ3v) is 4.20. The Hall–Kier alpha value is -2.80. The molecule has 0 fully saturated rings. The molecule has 0 aliphatic carbocycles. The van der Waals surface area contributed by atoms with Crippen LogP contribution in [0.4, 0.5) is 0 Å². The van der Waals surface area contributed by atoms with Crippen LogP contribution in [0, 0.1) is 6.92 Å². The van der Waals surface area contributed by atoms with Crippen molar-refractivity contribution in [3.05, 3.63) is 59.6 Å². The molecule has 0 saturated heterocycles. The Morgan fingerprint density at radius 1 is 1.22 bits per heavy atom. The first-order valence-electron chi connectivity index (χ1n) is 7.08. The Kier molecular flexibility index (Phi) is 3.47. The summed E-state index contributed by atoms with van der Waals surface area (Å²) in [5.74, 6) is 0.630. The number of aryl methyl sites for hydroxylation is 1. The van der Waals surface area contributed by atoms with Crippen molar-refractivity contribution in [1.82, 2.24) is 24.6 Å². The molecule has 0 N–H and O–H groups in total. The summed E-state index contributed by atoms with van der Waals surface area (Å²) in [4.78, 5) is 14.2. The monoisotopic (exact) mass is 323 g/mol. The summed E-state index contributed by atoms with van der Waals surface area (Å²) in [7, 11) is 0. The predicted molar refractivity (Wildman–Crippen MR) is 87.4 cm³/mol. The fraction of sp³-hybridized carbons (Fsp3) is 0.125. The zero-order valence-corrected chi connectivity index (χ0v) is 13.2. The molecule has 0 radical (unpaired) electrons. The molecule has 4 heterocycles. The number of thiophene rings is 1. The lowest BCUT2D eigenvalue weighted by atomic mass is 10.3. The molecule has 0 spiro atoms. The third-order valence-electron chi connectivity index (χ3n) is 3.30. The molecular formula is C16H13N5OS. The van der Waals surface area contributed by atoms with Gasteiger partial charge in [-0.2, -0.15) is 9.61 Å². The maximum Gasteiger partial charge on any atom is 0.219 e. The van der Waals surface area contributed by atoms with E-state index in [2.05, 4.69) is 20.1 Å². The van der Waals surface area contributed by atoms with E-state index in [0.717, 1.165) is 27.6 Å². The lowest BCUT2D eigenvalue weighted by molar-refractivity contribution is 0.281. The van der Waals surface area contributed by atoms with Gasteiger partial charge in [0.15, 0.2) is 5.65 Å². The average molecular weight is 323 g/mol. The van der Waals surface area contributed by atoms with Crippen LogP contribution in [0.2, 0.25) is 0 Å². The predicted octanol–water partition coefficient (Wildman–Crippen LogP) is 3.14. The Morgan fingerprint density at radius 3 is 2.96 bits per heavy atom. The maximum absolute atomic E-state index is 5.90. The molecule has 4 aromatic heterocycles. The molecule has 7 heteroatoms. The molecule has 23 heavy (non-hydrogen) atoms. The zero-order chi connectivity index (χ0) is 15.6. The van der Waals surface area contributed by atoms with E-state index in [1.807, 2.05) is 36.6 Å². The maximum atomic E-state index is 5.90. The number of hydrogen-bond acceptors (Lipinski definition) is 6. The van der Waals surface area contributed by atoms with Gasteiger partial charge in [0.1, 0.15) is 6.61 Å².